The maximum absolute atomic E-state index is 13.4. The fraction of sp³-hybridized carbons (Fsp3) is 0.222. The molecule has 118 valence electrons. The van der Waals surface area contributed by atoms with E-state index in [9.17, 15) is 4.39 Å². The maximum atomic E-state index is 13.4. The Bertz CT molecular complexity index is 874. The fourth-order valence-electron chi connectivity index (χ4n) is 3.19. The summed E-state index contributed by atoms with van der Waals surface area (Å²) < 4.78 is 15.7. The van der Waals surface area contributed by atoms with Crippen LogP contribution in [0.2, 0.25) is 0 Å². The van der Waals surface area contributed by atoms with Crippen LogP contribution in [0.3, 0.4) is 0 Å². The van der Waals surface area contributed by atoms with E-state index in [1.54, 1.807) is 11.9 Å². The highest BCUT2D eigenvalue weighted by molar-refractivity contribution is 7.97. The Kier molecular flexibility index (Phi) is 3.64. The molecule has 2 heterocycles. The summed E-state index contributed by atoms with van der Waals surface area (Å²) in [4.78, 5) is 4.46. The molecule has 2 aromatic carbocycles. The zero-order chi connectivity index (χ0) is 16.0. The van der Waals surface area contributed by atoms with E-state index >= 15 is 0 Å². The highest BCUT2D eigenvalue weighted by atomic mass is 32.2. The van der Waals surface area contributed by atoms with Crippen molar-refractivity contribution in [2.24, 2.45) is 5.73 Å². The Balaban J connectivity index is 1.77. The highest BCUT2D eigenvalue weighted by Crippen LogP contribution is 2.45. The predicted octanol–water partition coefficient (Wildman–Crippen LogP) is 4.32. The van der Waals surface area contributed by atoms with Gasteiger partial charge in [-0.3, -0.25) is 0 Å². The van der Waals surface area contributed by atoms with E-state index < -0.39 is 0 Å². The maximum Gasteiger partial charge on any atom is 0.125 e. The Morgan fingerprint density at radius 1 is 1.26 bits per heavy atom. The first-order chi connectivity index (χ1) is 11.2. The van der Waals surface area contributed by atoms with Crippen molar-refractivity contribution in [1.29, 1.82) is 0 Å². The van der Waals surface area contributed by atoms with E-state index in [1.807, 2.05) is 12.3 Å². The number of hydrogen-bond donors (Lipinski definition) is 2. The Morgan fingerprint density at radius 2 is 2.13 bits per heavy atom. The number of nitrogens with two attached hydrogens (primary N) is 1. The van der Waals surface area contributed by atoms with Gasteiger partial charge in [-0.15, -0.1) is 0 Å². The first-order valence-corrected chi connectivity index (χ1v) is 8.50. The topological polar surface area (TPSA) is 45.0 Å². The molecule has 4 rings (SSSR count). The minimum Gasteiger partial charge on any atom is -0.360 e. The molecule has 3 nitrogen and oxygen atoms in total. The van der Waals surface area contributed by atoms with Crippen LogP contribution in [0, 0.1) is 5.82 Å². The van der Waals surface area contributed by atoms with Crippen molar-refractivity contribution < 1.29 is 4.39 Å². The summed E-state index contributed by atoms with van der Waals surface area (Å²) in [6.45, 7) is 3.75. The summed E-state index contributed by atoms with van der Waals surface area (Å²) in [7, 11) is 0. The van der Waals surface area contributed by atoms with Gasteiger partial charge in [-0.1, -0.05) is 6.07 Å². The first-order valence-electron chi connectivity index (χ1n) is 7.73. The highest BCUT2D eigenvalue weighted by Gasteiger charge is 2.27. The lowest BCUT2D eigenvalue weighted by Crippen LogP contribution is -2.22. The lowest BCUT2D eigenvalue weighted by Gasteiger charge is -2.18. The van der Waals surface area contributed by atoms with E-state index in [2.05, 4.69) is 34.4 Å². The van der Waals surface area contributed by atoms with Crippen LogP contribution in [0.15, 0.2) is 47.5 Å². The molecular weight excluding hydrogens is 309 g/mol. The van der Waals surface area contributed by atoms with Crippen LogP contribution in [-0.4, -0.2) is 22.4 Å². The number of fused-ring (bicyclic) bond motifs is 2. The average molecular weight is 327 g/mol. The second kappa shape index (κ2) is 5.67. The number of rotatable bonds is 3. The van der Waals surface area contributed by atoms with Crippen LogP contribution in [0.25, 0.3) is 22.0 Å². The second-order valence-electron chi connectivity index (χ2n) is 5.84. The molecule has 0 bridgehead atoms. The zero-order valence-corrected chi connectivity index (χ0v) is 13.7. The van der Waals surface area contributed by atoms with Crippen molar-refractivity contribution in [3.05, 3.63) is 54.0 Å². The van der Waals surface area contributed by atoms with Gasteiger partial charge in [0, 0.05) is 46.7 Å². The van der Waals surface area contributed by atoms with Gasteiger partial charge in [0.1, 0.15) is 5.82 Å². The summed E-state index contributed by atoms with van der Waals surface area (Å²) in [6.07, 6.45) is 1.95. The molecule has 5 heteroatoms. The number of hydrogen-bond acceptors (Lipinski definition) is 3. The standard InChI is InChI=1S/C18H18FN3S/c1-11-15-8-12(2-5-18(15)23-22(11)7-6-20)16-10-21-17-9-13(19)3-4-14(16)17/h2-5,8-11,21H,6-7,20H2,1H3. The first kappa shape index (κ1) is 14.8. The van der Waals surface area contributed by atoms with Gasteiger partial charge in [0.2, 0.25) is 0 Å². The molecule has 0 aliphatic carbocycles. The molecule has 0 saturated heterocycles. The minimum absolute atomic E-state index is 0.220. The third-order valence-corrected chi connectivity index (χ3v) is 5.71. The number of halogens is 1. The number of nitrogens with zero attached hydrogens (tertiary/aromatic N) is 1. The van der Waals surface area contributed by atoms with E-state index in [0.29, 0.717) is 12.6 Å². The van der Waals surface area contributed by atoms with Gasteiger partial charge in [-0.05, 0) is 60.3 Å². The summed E-state index contributed by atoms with van der Waals surface area (Å²) >= 11 is 1.78. The van der Waals surface area contributed by atoms with Crippen LogP contribution in [0.5, 0.6) is 0 Å². The van der Waals surface area contributed by atoms with Gasteiger partial charge in [-0.25, -0.2) is 8.70 Å². The van der Waals surface area contributed by atoms with E-state index in [4.69, 9.17) is 5.73 Å². The molecule has 0 radical (unpaired) electrons. The predicted molar refractivity (Wildman–Crippen MR) is 93.7 cm³/mol. The molecular formula is C18H18FN3S. The van der Waals surface area contributed by atoms with Crippen LogP contribution >= 0.6 is 11.9 Å². The number of aromatic nitrogens is 1. The number of aromatic amines is 1. The average Bonchev–Trinajstić information content (AvgIpc) is 3.09. The van der Waals surface area contributed by atoms with Gasteiger partial charge in [-0.2, -0.15) is 0 Å². The van der Waals surface area contributed by atoms with Crippen molar-refractivity contribution in [3.8, 4) is 11.1 Å². The van der Waals surface area contributed by atoms with Gasteiger partial charge in [0.05, 0.1) is 0 Å². The van der Waals surface area contributed by atoms with Crippen molar-refractivity contribution in [3.63, 3.8) is 0 Å². The van der Waals surface area contributed by atoms with Crippen molar-refractivity contribution in [1.82, 2.24) is 9.29 Å². The molecule has 1 aliphatic rings. The molecule has 1 unspecified atom stereocenters. The second-order valence-corrected chi connectivity index (χ2v) is 6.93. The van der Waals surface area contributed by atoms with Crippen molar-refractivity contribution in [2.45, 2.75) is 17.9 Å². The minimum atomic E-state index is -0.220. The fourth-order valence-corrected chi connectivity index (χ4v) is 4.37. The summed E-state index contributed by atoms with van der Waals surface area (Å²) in [5.41, 5.74) is 10.1. The van der Waals surface area contributed by atoms with Crippen LogP contribution < -0.4 is 5.73 Å². The van der Waals surface area contributed by atoms with E-state index in [-0.39, 0.29) is 5.82 Å². The normalized spacial score (nSPS) is 17.8. The number of benzene rings is 2. The largest absolute Gasteiger partial charge is 0.360 e. The van der Waals surface area contributed by atoms with E-state index in [1.165, 1.54) is 22.6 Å². The molecule has 0 amide bonds. The Hall–Kier alpha value is -1.82. The Labute approximate surface area is 138 Å². The SMILES string of the molecule is CC1c2cc(-c3c[nH]c4cc(F)ccc34)ccc2SN1CCN. The third kappa shape index (κ3) is 2.45. The smallest absolute Gasteiger partial charge is 0.125 e. The van der Waals surface area contributed by atoms with Gasteiger partial charge in [0.15, 0.2) is 0 Å². The van der Waals surface area contributed by atoms with E-state index in [0.717, 1.165) is 28.6 Å². The van der Waals surface area contributed by atoms with Crippen molar-refractivity contribution >= 4 is 22.9 Å². The third-order valence-electron chi connectivity index (χ3n) is 4.41. The molecule has 3 N–H and O–H groups in total. The molecule has 1 aliphatic heterocycles. The summed E-state index contributed by atoms with van der Waals surface area (Å²) in [5.74, 6) is -0.220. The van der Waals surface area contributed by atoms with Gasteiger partial charge in [0.25, 0.3) is 0 Å². The van der Waals surface area contributed by atoms with Gasteiger partial charge < -0.3 is 10.7 Å². The molecule has 1 atom stereocenters. The molecule has 0 saturated carbocycles. The van der Waals surface area contributed by atoms with Crippen LogP contribution in [0.1, 0.15) is 18.5 Å². The molecule has 23 heavy (non-hydrogen) atoms. The summed E-state index contributed by atoms with van der Waals surface area (Å²) in [5, 5.41) is 1.04. The Morgan fingerprint density at radius 3 is 2.96 bits per heavy atom. The number of nitrogens with one attached hydrogen (secondary N) is 1. The van der Waals surface area contributed by atoms with Crippen molar-refractivity contribution in [2.75, 3.05) is 13.1 Å². The number of H-pyrrole nitrogens is 1. The quantitative estimate of drug-likeness (QED) is 0.704. The van der Waals surface area contributed by atoms with Crippen LogP contribution in [-0.2, 0) is 0 Å². The molecule has 1 aromatic heterocycles. The lowest BCUT2D eigenvalue weighted by molar-refractivity contribution is 0.403. The summed E-state index contributed by atoms with van der Waals surface area (Å²) in [6, 6.07) is 11.8. The van der Waals surface area contributed by atoms with Gasteiger partial charge >= 0.3 is 0 Å². The monoisotopic (exact) mass is 327 g/mol. The van der Waals surface area contributed by atoms with Crippen LogP contribution in [0.4, 0.5) is 4.39 Å². The molecule has 0 spiro atoms. The molecule has 3 aromatic rings. The molecule has 0 fully saturated rings. The zero-order valence-electron chi connectivity index (χ0n) is 12.8. The lowest BCUT2D eigenvalue weighted by atomic mass is 9.99.